The molecule has 0 saturated heterocycles. The van der Waals surface area contributed by atoms with Crippen molar-refractivity contribution in [2.24, 2.45) is 7.05 Å². The number of thioether (sulfide) groups is 1. The summed E-state index contributed by atoms with van der Waals surface area (Å²) in [5.74, 6) is 1.32. The maximum atomic E-state index is 12.0. The van der Waals surface area contributed by atoms with Crippen molar-refractivity contribution in [1.82, 2.24) is 20.1 Å². The van der Waals surface area contributed by atoms with E-state index < -0.39 is 0 Å². The smallest absolute Gasteiger partial charge is 0.233 e. The Morgan fingerprint density at radius 3 is 2.92 bits per heavy atom. The van der Waals surface area contributed by atoms with Gasteiger partial charge in [0.05, 0.1) is 10.3 Å². The Bertz CT molecular complexity index is 733. The van der Waals surface area contributed by atoms with Gasteiger partial charge in [-0.15, -0.1) is 10.2 Å². The zero-order chi connectivity index (χ0) is 17.1. The van der Waals surface area contributed by atoms with Crippen LogP contribution in [-0.2, 0) is 18.4 Å². The van der Waals surface area contributed by atoms with Crippen LogP contribution in [0.1, 0.15) is 25.6 Å². The van der Waals surface area contributed by atoms with Gasteiger partial charge in [-0.05, 0) is 31.9 Å². The molecule has 1 aromatic carbocycles. The number of hydrogen-bond donors (Lipinski definition) is 1. The largest absolute Gasteiger partial charge is 0.484 e. The van der Waals surface area contributed by atoms with E-state index in [0.29, 0.717) is 27.8 Å². The molecular weight excluding hydrogens is 348 g/mol. The summed E-state index contributed by atoms with van der Waals surface area (Å²) < 4.78 is 7.52. The molecule has 0 spiro atoms. The van der Waals surface area contributed by atoms with Crippen LogP contribution in [0.15, 0.2) is 29.4 Å². The van der Waals surface area contributed by atoms with Gasteiger partial charge in [-0.25, -0.2) is 0 Å². The van der Waals surface area contributed by atoms with Crippen molar-refractivity contribution in [3.63, 3.8) is 0 Å². The summed E-state index contributed by atoms with van der Waals surface area (Å²) in [7, 11) is 1.86. The van der Waals surface area contributed by atoms with Crippen LogP contribution in [0.2, 0.25) is 5.02 Å². The Balaban J connectivity index is 1.58. The number of aromatic nitrogens is 3. The third-order valence-electron chi connectivity index (χ3n) is 3.69. The Hall–Kier alpha value is -1.73. The van der Waals surface area contributed by atoms with E-state index in [1.165, 1.54) is 11.8 Å². The van der Waals surface area contributed by atoms with Crippen LogP contribution < -0.4 is 10.1 Å². The van der Waals surface area contributed by atoms with Gasteiger partial charge in [-0.2, -0.15) is 0 Å². The molecule has 8 heteroatoms. The highest BCUT2D eigenvalue weighted by molar-refractivity contribution is 8.00. The predicted molar refractivity (Wildman–Crippen MR) is 93.3 cm³/mol. The summed E-state index contributed by atoms with van der Waals surface area (Å²) in [6.45, 7) is 2.13. The molecule has 0 radical (unpaired) electrons. The molecule has 128 valence electrons. The van der Waals surface area contributed by atoms with Crippen LogP contribution >= 0.6 is 23.4 Å². The van der Waals surface area contributed by atoms with E-state index in [-0.39, 0.29) is 17.8 Å². The molecular formula is C16H19ClN4O2S. The molecule has 0 aliphatic heterocycles. The number of ether oxygens (including phenoxy) is 1. The first-order valence-corrected chi connectivity index (χ1v) is 9.03. The monoisotopic (exact) mass is 366 g/mol. The maximum absolute atomic E-state index is 12.0. The Kier molecular flexibility index (Phi) is 5.30. The van der Waals surface area contributed by atoms with E-state index in [1.807, 2.05) is 30.7 Å². The molecule has 1 unspecified atom stereocenters. The van der Waals surface area contributed by atoms with Gasteiger partial charge < -0.3 is 14.6 Å². The number of halogens is 1. The van der Waals surface area contributed by atoms with Crippen LogP contribution in [0.5, 0.6) is 5.75 Å². The molecule has 1 heterocycles. The zero-order valence-electron chi connectivity index (χ0n) is 13.5. The zero-order valence-corrected chi connectivity index (χ0v) is 15.1. The Morgan fingerprint density at radius 1 is 1.46 bits per heavy atom. The molecule has 24 heavy (non-hydrogen) atoms. The number of benzene rings is 1. The van der Waals surface area contributed by atoms with Gasteiger partial charge in [0.25, 0.3) is 0 Å². The van der Waals surface area contributed by atoms with Crippen molar-refractivity contribution in [3.8, 4) is 5.75 Å². The van der Waals surface area contributed by atoms with E-state index in [9.17, 15) is 4.79 Å². The first-order chi connectivity index (χ1) is 11.5. The van der Waals surface area contributed by atoms with E-state index in [0.717, 1.165) is 12.8 Å². The van der Waals surface area contributed by atoms with Crippen LogP contribution in [0.25, 0.3) is 0 Å². The number of carbonyl (C=O) groups excluding carboxylic acids is 1. The number of nitrogens with one attached hydrogen (secondary N) is 1. The van der Waals surface area contributed by atoms with Gasteiger partial charge in [0, 0.05) is 13.1 Å². The van der Waals surface area contributed by atoms with Crippen molar-refractivity contribution in [2.45, 2.75) is 42.8 Å². The lowest BCUT2D eigenvalue weighted by molar-refractivity contribution is -0.120. The fourth-order valence-electron chi connectivity index (χ4n) is 2.04. The summed E-state index contributed by atoms with van der Waals surface area (Å²) in [5.41, 5.74) is 0. The van der Waals surface area contributed by atoms with Crippen molar-refractivity contribution >= 4 is 29.3 Å². The van der Waals surface area contributed by atoms with Gasteiger partial charge >= 0.3 is 0 Å². The molecule has 1 N–H and O–H groups in total. The highest BCUT2D eigenvalue weighted by Crippen LogP contribution is 2.26. The average Bonchev–Trinajstić information content (AvgIpc) is 3.31. The van der Waals surface area contributed by atoms with Gasteiger partial charge in [0.2, 0.25) is 5.91 Å². The van der Waals surface area contributed by atoms with Crippen molar-refractivity contribution in [2.75, 3.05) is 0 Å². The lowest BCUT2D eigenvalue weighted by atomic mass is 10.3. The third-order valence-corrected chi connectivity index (χ3v) is 5.14. The summed E-state index contributed by atoms with van der Waals surface area (Å²) >= 11 is 7.46. The van der Waals surface area contributed by atoms with Crippen LogP contribution in [-0.4, -0.2) is 32.0 Å². The number of amides is 1. The van der Waals surface area contributed by atoms with E-state index in [2.05, 4.69) is 15.5 Å². The molecule has 1 aliphatic rings. The standard InChI is InChI=1S/C16H19ClN4O2S/c1-10(15(22)18-11-7-8-11)24-16-20-19-14(21(16)2)9-23-13-6-4-3-5-12(13)17/h3-6,10-11H,7-9H2,1-2H3,(H,18,22). The lowest BCUT2D eigenvalue weighted by Crippen LogP contribution is -2.32. The number of hydrogen-bond acceptors (Lipinski definition) is 5. The van der Waals surface area contributed by atoms with Crippen LogP contribution in [0.4, 0.5) is 0 Å². The molecule has 1 amide bonds. The molecule has 1 aliphatic carbocycles. The number of nitrogens with zero attached hydrogens (tertiary/aromatic N) is 3. The molecule has 3 rings (SSSR count). The Labute approximate surface area is 149 Å². The van der Waals surface area contributed by atoms with Crippen LogP contribution in [0.3, 0.4) is 0 Å². The lowest BCUT2D eigenvalue weighted by Gasteiger charge is -2.11. The fourth-order valence-corrected chi connectivity index (χ4v) is 3.07. The number of carbonyl (C=O) groups is 1. The summed E-state index contributed by atoms with van der Waals surface area (Å²) in [5, 5.41) is 12.3. The molecule has 2 aromatic rings. The normalized spacial score (nSPS) is 15.1. The second-order valence-electron chi connectivity index (χ2n) is 5.72. The summed E-state index contributed by atoms with van der Waals surface area (Å²) in [4.78, 5) is 12.0. The highest BCUT2D eigenvalue weighted by atomic mass is 35.5. The SMILES string of the molecule is CC(Sc1nnc(COc2ccccc2Cl)n1C)C(=O)NC1CC1. The first kappa shape index (κ1) is 17.1. The first-order valence-electron chi connectivity index (χ1n) is 7.77. The fraction of sp³-hybridized carbons (Fsp3) is 0.438. The highest BCUT2D eigenvalue weighted by Gasteiger charge is 2.27. The van der Waals surface area contributed by atoms with E-state index in [4.69, 9.17) is 16.3 Å². The van der Waals surface area contributed by atoms with Gasteiger partial charge in [-0.3, -0.25) is 4.79 Å². The maximum Gasteiger partial charge on any atom is 0.233 e. The van der Waals surface area contributed by atoms with Gasteiger partial charge in [0.15, 0.2) is 11.0 Å². The number of rotatable bonds is 7. The molecule has 0 bridgehead atoms. The van der Waals surface area contributed by atoms with Gasteiger partial charge in [0.1, 0.15) is 12.4 Å². The second-order valence-corrected chi connectivity index (χ2v) is 7.44. The van der Waals surface area contributed by atoms with E-state index >= 15 is 0 Å². The number of para-hydroxylation sites is 1. The minimum atomic E-state index is -0.217. The molecule has 6 nitrogen and oxygen atoms in total. The third kappa shape index (κ3) is 4.21. The van der Waals surface area contributed by atoms with E-state index in [1.54, 1.807) is 12.1 Å². The van der Waals surface area contributed by atoms with Crippen molar-refractivity contribution in [3.05, 3.63) is 35.1 Å². The average molecular weight is 367 g/mol. The quantitative estimate of drug-likeness (QED) is 0.763. The molecule has 1 fully saturated rings. The minimum absolute atomic E-state index is 0.0411. The summed E-state index contributed by atoms with van der Waals surface area (Å²) in [6.07, 6.45) is 2.16. The van der Waals surface area contributed by atoms with Crippen molar-refractivity contribution in [1.29, 1.82) is 0 Å². The Morgan fingerprint density at radius 2 is 2.21 bits per heavy atom. The van der Waals surface area contributed by atoms with Gasteiger partial charge in [-0.1, -0.05) is 35.5 Å². The minimum Gasteiger partial charge on any atom is -0.484 e. The summed E-state index contributed by atoms with van der Waals surface area (Å²) in [6, 6.07) is 7.65. The van der Waals surface area contributed by atoms with Crippen molar-refractivity contribution < 1.29 is 9.53 Å². The molecule has 1 saturated carbocycles. The van der Waals surface area contributed by atoms with Crippen LogP contribution in [0, 0.1) is 0 Å². The molecule has 1 atom stereocenters. The molecule has 1 aromatic heterocycles. The topological polar surface area (TPSA) is 69.0 Å². The second kappa shape index (κ2) is 7.44. The predicted octanol–water partition coefficient (Wildman–Crippen LogP) is 2.81.